The lowest BCUT2D eigenvalue weighted by atomic mass is 10.1. The third-order valence-electron chi connectivity index (χ3n) is 3.47. The number of aliphatic carboxylic acids is 1. The van der Waals surface area contributed by atoms with Crippen LogP contribution in [0, 0.1) is 17.1 Å². The van der Waals surface area contributed by atoms with Crippen molar-refractivity contribution in [2.75, 3.05) is 19.8 Å². The third-order valence-corrected chi connectivity index (χ3v) is 5.34. The quantitative estimate of drug-likeness (QED) is 0.844. The summed E-state index contributed by atoms with van der Waals surface area (Å²) < 4.78 is 44.5. The van der Waals surface area contributed by atoms with Crippen LogP contribution in [0.1, 0.15) is 17.5 Å². The zero-order valence-corrected chi connectivity index (χ0v) is 12.9. The highest BCUT2D eigenvalue weighted by molar-refractivity contribution is 7.88. The molecule has 0 spiro atoms. The Bertz CT molecular complexity index is 744. The molecule has 1 saturated heterocycles. The average Bonchev–Trinajstić information content (AvgIpc) is 2.48. The van der Waals surface area contributed by atoms with Gasteiger partial charge < -0.3 is 9.84 Å². The van der Waals surface area contributed by atoms with Crippen LogP contribution in [0.15, 0.2) is 18.2 Å². The molecule has 0 radical (unpaired) electrons. The molecule has 2 rings (SSSR count). The van der Waals surface area contributed by atoms with Crippen molar-refractivity contribution >= 4 is 16.0 Å². The standard InChI is InChI=1S/C14H15FN2O5S/c15-12-2-1-10(11(5-12)7-16)9-23(20,21)17-3-4-22-8-13(17)6-14(18)19/h1-2,5,13H,3-4,6,8-9H2,(H,18,19). The summed E-state index contributed by atoms with van der Waals surface area (Å²) in [6.07, 6.45) is -0.367. The van der Waals surface area contributed by atoms with E-state index in [1.165, 1.54) is 6.07 Å². The number of halogens is 1. The highest BCUT2D eigenvalue weighted by Crippen LogP contribution is 2.21. The molecule has 23 heavy (non-hydrogen) atoms. The Kier molecular flexibility index (Phi) is 5.30. The SMILES string of the molecule is N#Cc1cc(F)ccc1CS(=O)(=O)N1CCOCC1CC(=O)O. The molecular formula is C14H15FN2O5S. The molecule has 1 aliphatic rings. The van der Waals surface area contributed by atoms with E-state index in [1.807, 2.05) is 0 Å². The molecule has 0 bridgehead atoms. The number of carbonyl (C=O) groups is 1. The molecule has 1 heterocycles. The van der Waals surface area contributed by atoms with Gasteiger partial charge in [-0.15, -0.1) is 0 Å². The fourth-order valence-corrected chi connectivity index (χ4v) is 4.18. The third kappa shape index (κ3) is 4.25. The fourth-order valence-electron chi connectivity index (χ4n) is 2.43. The van der Waals surface area contributed by atoms with Crippen molar-refractivity contribution in [3.63, 3.8) is 0 Å². The first kappa shape index (κ1) is 17.3. The molecule has 124 valence electrons. The summed E-state index contributed by atoms with van der Waals surface area (Å²) in [6, 6.07) is 4.27. The maximum Gasteiger partial charge on any atom is 0.305 e. The van der Waals surface area contributed by atoms with Crippen LogP contribution >= 0.6 is 0 Å². The number of carboxylic acids is 1. The molecule has 1 N–H and O–H groups in total. The first-order chi connectivity index (χ1) is 10.8. The van der Waals surface area contributed by atoms with Gasteiger partial charge in [-0.25, -0.2) is 12.8 Å². The Labute approximate surface area is 132 Å². The highest BCUT2D eigenvalue weighted by atomic mass is 32.2. The average molecular weight is 342 g/mol. The van der Waals surface area contributed by atoms with E-state index >= 15 is 0 Å². The number of hydrogen-bond acceptors (Lipinski definition) is 5. The molecular weight excluding hydrogens is 327 g/mol. The molecule has 1 atom stereocenters. The van der Waals surface area contributed by atoms with Gasteiger partial charge in [0.15, 0.2) is 0 Å². The van der Waals surface area contributed by atoms with Gasteiger partial charge in [0.05, 0.1) is 43.1 Å². The number of rotatable bonds is 5. The summed E-state index contributed by atoms with van der Waals surface area (Å²) in [7, 11) is -3.86. The first-order valence-electron chi connectivity index (χ1n) is 6.81. The minimum atomic E-state index is -3.86. The van der Waals surface area contributed by atoms with Crippen LogP contribution in [0.25, 0.3) is 0 Å². The van der Waals surface area contributed by atoms with Gasteiger partial charge in [0.25, 0.3) is 0 Å². The van der Waals surface area contributed by atoms with E-state index in [2.05, 4.69) is 0 Å². The molecule has 1 unspecified atom stereocenters. The van der Waals surface area contributed by atoms with Crippen molar-refractivity contribution in [2.45, 2.75) is 18.2 Å². The van der Waals surface area contributed by atoms with E-state index in [9.17, 15) is 17.6 Å². The number of benzene rings is 1. The van der Waals surface area contributed by atoms with E-state index < -0.39 is 33.6 Å². The predicted molar refractivity (Wildman–Crippen MR) is 77.3 cm³/mol. The van der Waals surface area contributed by atoms with Gasteiger partial charge in [0, 0.05) is 6.54 Å². The van der Waals surface area contributed by atoms with E-state index in [4.69, 9.17) is 15.1 Å². The molecule has 0 aliphatic carbocycles. The van der Waals surface area contributed by atoms with Gasteiger partial charge in [0.1, 0.15) is 5.82 Å². The summed E-state index contributed by atoms with van der Waals surface area (Å²) >= 11 is 0. The van der Waals surface area contributed by atoms with Gasteiger partial charge >= 0.3 is 5.97 Å². The van der Waals surface area contributed by atoms with Crippen LogP contribution < -0.4 is 0 Å². The Morgan fingerprint density at radius 1 is 1.52 bits per heavy atom. The van der Waals surface area contributed by atoms with Crippen molar-refractivity contribution in [1.82, 2.24) is 4.31 Å². The molecule has 7 nitrogen and oxygen atoms in total. The Morgan fingerprint density at radius 2 is 2.26 bits per heavy atom. The second-order valence-electron chi connectivity index (χ2n) is 5.11. The van der Waals surface area contributed by atoms with Crippen molar-refractivity contribution in [3.8, 4) is 6.07 Å². The Hall–Kier alpha value is -2.02. The van der Waals surface area contributed by atoms with Crippen LogP contribution in [-0.4, -0.2) is 49.6 Å². The highest BCUT2D eigenvalue weighted by Gasteiger charge is 2.34. The first-order valence-corrected chi connectivity index (χ1v) is 8.42. The number of hydrogen-bond donors (Lipinski definition) is 1. The summed E-state index contributed by atoms with van der Waals surface area (Å²) in [5.74, 6) is -2.25. The fraction of sp³-hybridized carbons (Fsp3) is 0.429. The van der Waals surface area contributed by atoms with Crippen molar-refractivity contribution < 1.29 is 27.4 Å². The Morgan fingerprint density at radius 3 is 2.91 bits per heavy atom. The van der Waals surface area contributed by atoms with Crippen LogP contribution in [0.2, 0.25) is 0 Å². The van der Waals surface area contributed by atoms with Crippen molar-refractivity contribution in [1.29, 1.82) is 5.26 Å². The van der Waals surface area contributed by atoms with E-state index in [-0.39, 0.29) is 37.3 Å². The molecule has 0 amide bonds. The van der Waals surface area contributed by atoms with Crippen molar-refractivity contribution in [2.24, 2.45) is 0 Å². The van der Waals surface area contributed by atoms with Crippen LogP contribution in [-0.2, 0) is 25.3 Å². The minimum absolute atomic E-state index is 0.0000545. The van der Waals surface area contributed by atoms with Gasteiger partial charge in [-0.05, 0) is 17.7 Å². The van der Waals surface area contributed by atoms with E-state index in [0.717, 1.165) is 16.4 Å². The van der Waals surface area contributed by atoms with Crippen molar-refractivity contribution in [3.05, 3.63) is 35.1 Å². The molecule has 1 aromatic carbocycles. The molecule has 0 saturated carbocycles. The van der Waals surface area contributed by atoms with Crippen LogP contribution in [0.4, 0.5) is 4.39 Å². The lowest BCUT2D eigenvalue weighted by Crippen LogP contribution is -2.49. The lowest BCUT2D eigenvalue weighted by molar-refractivity contribution is -0.139. The zero-order chi connectivity index (χ0) is 17.0. The number of nitriles is 1. The molecule has 0 aromatic heterocycles. The van der Waals surface area contributed by atoms with Gasteiger partial charge in [-0.1, -0.05) is 6.07 Å². The molecule has 1 aliphatic heterocycles. The maximum atomic E-state index is 13.1. The largest absolute Gasteiger partial charge is 0.481 e. The second kappa shape index (κ2) is 7.04. The van der Waals surface area contributed by atoms with Gasteiger partial charge in [-0.3, -0.25) is 4.79 Å². The van der Waals surface area contributed by atoms with Crippen LogP contribution in [0.5, 0.6) is 0 Å². The smallest absolute Gasteiger partial charge is 0.305 e. The molecule has 1 aromatic rings. The predicted octanol–water partition coefficient (Wildman–Crippen LogP) is 0.703. The van der Waals surface area contributed by atoms with E-state index in [1.54, 1.807) is 6.07 Å². The number of ether oxygens (including phenoxy) is 1. The topological polar surface area (TPSA) is 108 Å². The molecule has 9 heteroatoms. The monoisotopic (exact) mass is 342 g/mol. The van der Waals surface area contributed by atoms with Gasteiger partial charge in [0.2, 0.25) is 10.0 Å². The second-order valence-corrected chi connectivity index (χ2v) is 7.03. The lowest BCUT2D eigenvalue weighted by Gasteiger charge is -2.33. The summed E-state index contributed by atoms with van der Waals surface area (Å²) in [5.41, 5.74) is 0.117. The number of sulfonamides is 1. The zero-order valence-electron chi connectivity index (χ0n) is 12.1. The summed E-state index contributed by atoms with van der Waals surface area (Å²) in [5, 5.41) is 17.9. The molecule has 1 fully saturated rings. The summed E-state index contributed by atoms with van der Waals surface area (Å²) in [4.78, 5) is 10.9. The number of morpholine rings is 1. The minimum Gasteiger partial charge on any atom is -0.481 e. The Balaban J connectivity index is 2.27. The van der Waals surface area contributed by atoms with Crippen LogP contribution in [0.3, 0.4) is 0 Å². The van der Waals surface area contributed by atoms with Gasteiger partial charge in [-0.2, -0.15) is 9.57 Å². The maximum absolute atomic E-state index is 13.1. The summed E-state index contributed by atoms with van der Waals surface area (Å²) in [6.45, 7) is 0.216. The van der Waals surface area contributed by atoms with E-state index in [0.29, 0.717) is 0 Å². The number of carboxylic acid groups (broad SMARTS) is 1. The normalized spacial score (nSPS) is 19.2. The number of nitrogens with zero attached hydrogens (tertiary/aromatic N) is 2.